The Morgan fingerprint density at radius 2 is 2.06 bits per heavy atom. The highest BCUT2D eigenvalue weighted by Crippen LogP contribution is 2.23. The van der Waals surface area contributed by atoms with Crippen molar-refractivity contribution in [2.45, 2.75) is 25.5 Å². The fourth-order valence-corrected chi connectivity index (χ4v) is 1.70. The standard InChI is InChI=1S/C13H17N3O2/c1-3-10(14)13-15-12(16-18-13)11(17-2)9-7-5-4-6-8-9/h4-8,10-11H,3,14H2,1-2H3/t10-,11?/m0/s1. The van der Waals surface area contributed by atoms with Gasteiger partial charge in [0.05, 0.1) is 6.04 Å². The first-order valence-electron chi connectivity index (χ1n) is 5.93. The molecular weight excluding hydrogens is 230 g/mol. The van der Waals surface area contributed by atoms with Crippen molar-refractivity contribution in [2.24, 2.45) is 5.73 Å². The second-order valence-electron chi connectivity index (χ2n) is 4.03. The third-order valence-electron chi connectivity index (χ3n) is 2.79. The van der Waals surface area contributed by atoms with E-state index in [1.807, 2.05) is 37.3 Å². The van der Waals surface area contributed by atoms with Gasteiger partial charge in [0, 0.05) is 7.11 Å². The van der Waals surface area contributed by atoms with Crippen LogP contribution in [0.1, 0.15) is 42.8 Å². The Labute approximate surface area is 106 Å². The zero-order valence-electron chi connectivity index (χ0n) is 10.5. The number of ether oxygens (including phenoxy) is 1. The molecule has 0 aliphatic rings. The van der Waals surface area contributed by atoms with E-state index in [-0.39, 0.29) is 12.1 Å². The minimum Gasteiger partial charge on any atom is -0.369 e. The molecule has 0 radical (unpaired) electrons. The molecule has 0 amide bonds. The Balaban J connectivity index is 2.26. The first-order chi connectivity index (χ1) is 8.76. The summed E-state index contributed by atoms with van der Waals surface area (Å²) in [5.41, 5.74) is 6.83. The summed E-state index contributed by atoms with van der Waals surface area (Å²) in [6, 6.07) is 9.54. The molecule has 1 aromatic carbocycles. The summed E-state index contributed by atoms with van der Waals surface area (Å²) < 4.78 is 10.6. The zero-order valence-corrected chi connectivity index (χ0v) is 10.5. The Morgan fingerprint density at radius 1 is 1.33 bits per heavy atom. The molecule has 0 saturated heterocycles. The Hall–Kier alpha value is -1.72. The third-order valence-corrected chi connectivity index (χ3v) is 2.79. The fraction of sp³-hybridized carbons (Fsp3) is 0.385. The Kier molecular flexibility index (Phi) is 4.07. The van der Waals surface area contributed by atoms with E-state index in [1.54, 1.807) is 7.11 Å². The topological polar surface area (TPSA) is 74.2 Å². The van der Waals surface area contributed by atoms with Gasteiger partial charge in [-0.3, -0.25) is 0 Å². The maximum Gasteiger partial charge on any atom is 0.243 e. The highest BCUT2D eigenvalue weighted by atomic mass is 16.5. The van der Waals surface area contributed by atoms with E-state index in [9.17, 15) is 0 Å². The van der Waals surface area contributed by atoms with Crippen LogP contribution in [0, 0.1) is 0 Å². The number of nitrogens with zero attached hydrogens (tertiary/aromatic N) is 2. The minimum atomic E-state index is -0.326. The van der Waals surface area contributed by atoms with Crippen molar-refractivity contribution >= 4 is 0 Å². The Bertz CT molecular complexity index is 484. The molecule has 5 nitrogen and oxygen atoms in total. The molecular formula is C13H17N3O2. The van der Waals surface area contributed by atoms with Crippen LogP contribution >= 0.6 is 0 Å². The van der Waals surface area contributed by atoms with Gasteiger partial charge in [-0.2, -0.15) is 4.98 Å². The van der Waals surface area contributed by atoms with Crippen LogP contribution < -0.4 is 5.73 Å². The molecule has 0 fully saturated rings. The first kappa shape index (κ1) is 12.7. The smallest absolute Gasteiger partial charge is 0.243 e. The fourth-order valence-electron chi connectivity index (χ4n) is 1.70. The highest BCUT2D eigenvalue weighted by molar-refractivity contribution is 5.22. The van der Waals surface area contributed by atoms with Crippen molar-refractivity contribution in [3.8, 4) is 0 Å². The van der Waals surface area contributed by atoms with Crippen LogP contribution in [0.3, 0.4) is 0 Å². The highest BCUT2D eigenvalue weighted by Gasteiger charge is 2.21. The summed E-state index contributed by atoms with van der Waals surface area (Å²) in [6.07, 6.45) is 0.428. The predicted molar refractivity (Wildman–Crippen MR) is 66.8 cm³/mol. The van der Waals surface area contributed by atoms with Gasteiger partial charge in [-0.15, -0.1) is 0 Å². The van der Waals surface area contributed by atoms with Gasteiger partial charge in [-0.1, -0.05) is 42.4 Å². The van der Waals surface area contributed by atoms with Gasteiger partial charge in [0.25, 0.3) is 0 Å². The number of benzene rings is 1. The van der Waals surface area contributed by atoms with Gasteiger partial charge in [-0.25, -0.2) is 0 Å². The molecule has 1 heterocycles. The van der Waals surface area contributed by atoms with Crippen molar-refractivity contribution in [1.29, 1.82) is 0 Å². The van der Waals surface area contributed by atoms with Crippen LogP contribution in [0.15, 0.2) is 34.9 Å². The molecule has 0 aliphatic heterocycles. The van der Waals surface area contributed by atoms with Gasteiger partial charge >= 0.3 is 0 Å². The third kappa shape index (κ3) is 2.57. The summed E-state index contributed by atoms with van der Waals surface area (Å²) in [4.78, 5) is 4.30. The van der Waals surface area contributed by atoms with Crippen LogP contribution in [0.5, 0.6) is 0 Å². The molecule has 0 saturated carbocycles. The number of aromatic nitrogens is 2. The number of hydrogen-bond donors (Lipinski definition) is 1. The van der Waals surface area contributed by atoms with E-state index in [0.717, 1.165) is 12.0 Å². The van der Waals surface area contributed by atoms with Crippen LogP contribution in [0.4, 0.5) is 0 Å². The zero-order chi connectivity index (χ0) is 13.0. The summed E-state index contributed by atoms with van der Waals surface area (Å²) in [7, 11) is 1.62. The van der Waals surface area contributed by atoms with E-state index in [0.29, 0.717) is 11.7 Å². The van der Waals surface area contributed by atoms with Gasteiger partial charge in [-0.05, 0) is 12.0 Å². The van der Waals surface area contributed by atoms with Crippen molar-refractivity contribution < 1.29 is 9.26 Å². The molecule has 2 atom stereocenters. The van der Waals surface area contributed by atoms with Gasteiger partial charge in [0.1, 0.15) is 6.10 Å². The van der Waals surface area contributed by atoms with Crippen LogP contribution in [0.25, 0.3) is 0 Å². The van der Waals surface area contributed by atoms with E-state index >= 15 is 0 Å². The summed E-state index contributed by atoms with van der Waals surface area (Å²) in [5, 5.41) is 3.94. The lowest BCUT2D eigenvalue weighted by atomic mass is 10.1. The molecule has 2 rings (SSSR count). The van der Waals surface area contributed by atoms with Crippen molar-refractivity contribution in [3.63, 3.8) is 0 Å². The lowest BCUT2D eigenvalue weighted by Crippen LogP contribution is -2.10. The SMILES string of the molecule is CC[C@H](N)c1nc(C(OC)c2ccccc2)no1. The number of rotatable bonds is 5. The molecule has 0 bridgehead atoms. The number of hydrogen-bond acceptors (Lipinski definition) is 5. The molecule has 1 aromatic heterocycles. The molecule has 96 valence electrons. The van der Waals surface area contributed by atoms with Crippen molar-refractivity contribution in [1.82, 2.24) is 10.1 Å². The van der Waals surface area contributed by atoms with Gasteiger partial charge in [0.15, 0.2) is 0 Å². The molecule has 0 aliphatic carbocycles. The second kappa shape index (κ2) is 5.75. The van der Waals surface area contributed by atoms with E-state index in [4.69, 9.17) is 15.0 Å². The molecule has 0 spiro atoms. The normalized spacial score (nSPS) is 14.4. The minimum absolute atomic E-state index is 0.223. The van der Waals surface area contributed by atoms with Gasteiger partial charge < -0.3 is 15.0 Å². The number of nitrogens with two attached hydrogens (primary N) is 1. The van der Waals surface area contributed by atoms with Crippen molar-refractivity contribution in [3.05, 3.63) is 47.6 Å². The molecule has 2 aromatic rings. The lowest BCUT2D eigenvalue weighted by molar-refractivity contribution is 0.126. The molecule has 1 unspecified atom stereocenters. The maximum atomic E-state index is 5.85. The average Bonchev–Trinajstić information content (AvgIpc) is 2.89. The van der Waals surface area contributed by atoms with Crippen LogP contribution in [-0.4, -0.2) is 17.3 Å². The largest absolute Gasteiger partial charge is 0.369 e. The number of methoxy groups -OCH3 is 1. The van der Waals surface area contributed by atoms with Crippen LogP contribution in [0.2, 0.25) is 0 Å². The van der Waals surface area contributed by atoms with Gasteiger partial charge in [0.2, 0.25) is 11.7 Å². The van der Waals surface area contributed by atoms with Crippen molar-refractivity contribution in [2.75, 3.05) is 7.11 Å². The first-order valence-corrected chi connectivity index (χ1v) is 5.93. The van der Waals surface area contributed by atoms with E-state index in [2.05, 4.69) is 10.1 Å². The van der Waals surface area contributed by atoms with E-state index in [1.165, 1.54) is 0 Å². The molecule has 18 heavy (non-hydrogen) atoms. The lowest BCUT2D eigenvalue weighted by Gasteiger charge is -2.10. The quantitative estimate of drug-likeness (QED) is 0.876. The molecule has 5 heteroatoms. The maximum absolute atomic E-state index is 5.85. The van der Waals surface area contributed by atoms with E-state index < -0.39 is 0 Å². The van der Waals surface area contributed by atoms with Crippen LogP contribution in [-0.2, 0) is 4.74 Å². The second-order valence-corrected chi connectivity index (χ2v) is 4.03. The monoisotopic (exact) mass is 247 g/mol. The summed E-state index contributed by atoms with van der Waals surface area (Å²) in [6.45, 7) is 1.97. The predicted octanol–water partition coefficient (Wildman–Crippen LogP) is 2.22. The summed E-state index contributed by atoms with van der Waals surface area (Å²) >= 11 is 0. The summed E-state index contributed by atoms with van der Waals surface area (Å²) in [5.74, 6) is 0.952. The molecule has 2 N–H and O–H groups in total. The Morgan fingerprint density at radius 3 is 2.67 bits per heavy atom. The average molecular weight is 247 g/mol.